The molecular weight excluding hydrogens is 633 g/mol. The van der Waals surface area contributed by atoms with E-state index >= 15 is 0 Å². The summed E-state index contributed by atoms with van der Waals surface area (Å²) in [6, 6.07) is 58.0. The molecular formula is C44H28N4OS. The Morgan fingerprint density at radius 3 is 1.90 bits per heavy atom. The average Bonchev–Trinajstić information content (AvgIpc) is 3.19. The zero-order valence-corrected chi connectivity index (χ0v) is 27.6. The van der Waals surface area contributed by atoms with Crippen LogP contribution in [0.1, 0.15) is 0 Å². The fourth-order valence-electron chi connectivity index (χ4n) is 7.31. The molecule has 0 radical (unpaired) electrons. The van der Waals surface area contributed by atoms with Gasteiger partial charge in [0.05, 0.1) is 49.0 Å². The SMILES string of the molecule is O=S1c2ccccc2N(c2ccccc2)c2cc3c(cc21)-c1cccc2cccc(c12)N3c1cc(-c2ccccc2)nc(-c2ccccc2)n1. The van der Waals surface area contributed by atoms with Crippen LogP contribution in [0.2, 0.25) is 0 Å². The molecule has 3 heterocycles. The molecule has 0 N–H and O–H groups in total. The van der Waals surface area contributed by atoms with Gasteiger partial charge in [-0.3, -0.25) is 4.90 Å². The maximum absolute atomic E-state index is 14.5. The average molecular weight is 661 g/mol. The van der Waals surface area contributed by atoms with Crippen LogP contribution in [0.3, 0.4) is 0 Å². The summed E-state index contributed by atoms with van der Waals surface area (Å²) >= 11 is 0. The Bertz CT molecular complexity index is 2560. The maximum atomic E-state index is 14.5. The predicted octanol–water partition coefficient (Wildman–Crippen LogP) is 11.4. The smallest absolute Gasteiger partial charge is 0.162 e. The van der Waals surface area contributed by atoms with Gasteiger partial charge in [0.1, 0.15) is 5.82 Å². The fraction of sp³-hybridized carbons (Fsp3) is 0. The van der Waals surface area contributed by atoms with Crippen LogP contribution in [0, 0.1) is 0 Å². The maximum Gasteiger partial charge on any atom is 0.162 e. The van der Waals surface area contributed by atoms with Gasteiger partial charge in [-0.1, -0.05) is 121 Å². The quantitative estimate of drug-likeness (QED) is 0.188. The first-order chi connectivity index (χ1) is 24.7. The Labute approximate surface area is 292 Å². The monoisotopic (exact) mass is 660 g/mol. The third kappa shape index (κ3) is 4.42. The minimum absolute atomic E-state index is 0.647. The first kappa shape index (κ1) is 28.6. The largest absolute Gasteiger partial charge is 0.308 e. The number of rotatable bonds is 4. The minimum atomic E-state index is -1.39. The van der Waals surface area contributed by atoms with Crippen LogP contribution in [0.4, 0.5) is 34.3 Å². The Morgan fingerprint density at radius 2 is 1.12 bits per heavy atom. The number of hydrogen-bond donors (Lipinski definition) is 0. The van der Waals surface area contributed by atoms with Crippen LogP contribution >= 0.6 is 0 Å². The van der Waals surface area contributed by atoms with E-state index in [1.165, 1.54) is 0 Å². The molecule has 0 saturated carbocycles. The number of hydrogen-bond acceptors (Lipinski definition) is 5. The molecule has 10 rings (SSSR count). The highest BCUT2D eigenvalue weighted by atomic mass is 32.2. The lowest BCUT2D eigenvalue weighted by molar-refractivity contribution is 0.682. The number of nitrogens with zero attached hydrogens (tertiary/aromatic N) is 4. The van der Waals surface area contributed by atoms with E-state index in [1.54, 1.807) is 0 Å². The second-order valence-corrected chi connectivity index (χ2v) is 13.8. The van der Waals surface area contributed by atoms with Gasteiger partial charge in [0, 0.05) is 33.8 Å². The number of anilines is 6. The van der Waals surface area contributed by atoms with Gasteiger partial charge in [-0.15, -0.1) is 0 Å². The zero-order chi connectivity index (χ0) is 33.2. The number of aromatic nitrogens is 2. The Kier molecular flexibility index (Phi) is 6.51. The molecule has 236 valence electrons. The van der Waals surface area contributed by atoms with Crippen LogP contribution in [0.15, 0.2) is 180 Å². The van der Waals surface area contributed by atoms with Crippen molar-refractivity contribution in [1.29, 1.82) is 0 Å². The van der Waals surface area contributed by atoms with Gasteiger partial charge >= 0.3 is 0 Å². The van der Waals surface area contributed by atoms with Crippen LogP contribution in [0.5, 0.6) is 0 Å². The number of benzene rings is 7. The molecule has 6 heteroatoms. The molecule has 5 nitrogen and oxygen atoms in total. The standard InChI is InChI=1S/C44H28N4OS/c49-50-40-25-11-10-23-36(40)47(32-20-8-3-9-21-32)39-28-38-34(26-41(39)50)33-22-12-18-30-19-13-24-37(43(30)33)48(38)42-27-35(29-14-4-1-5-15-29)45-44(46-42)31-16-6-2-7-17-31/h1-28H. The highest BCUT2D eigenvalue weighted by Gasteiger charge is 2.35. The van der Waals surface area contributed by atoms with E-state index in [1.807, 2.05) is 72.8 Å². The third-order valence-electron chi connectivity index (χ3n) is 9.54. The fourth-order valence-corrected chi connectivity index (χ4v) is 8.67. The molecule has 0 aliphatic carbocycles. The molecule has 1 atom stereocenters. The molecule has 0 spiro atoms. The molecule has 0 bridgehead atoms. The topological polar surface area (TPSA) is 49.3 Å². The summed E-state index contributed by atoms with van der Waals surface area (Å²) in [5.74, 6) is 1.40. The van der Waals surface area contributed by atoms with Gasteiger partial charge in [0.25, 0.3) is 0 Å². The van der Waals surface area contributed by atoms with E-state index in [4.69, 9.17) is 9.97 Å². The molecule has 50 heavy (non-hydrogen) atoms. The van der Waals surface area contributed by atoms with E-state index in [2.05, 4.69) is 107 Å². The molecule has 1 aromatic heterocycles. The summed E-state index contributed by atoms with van der Waals surface area (Å²) in [6.07, 6.45) is 0. The second-order valence-electron chi connectivity index (χ2n) is 12.4. The molecule has 0 fully saturated rings. The summed E-state index contributed by atoms with van der Waals surface area (Å²) in [4.78, 5) is 16.5. The van der Waals surface area contributed by atoms with E-state index in [0.29, 0.717) is 5.82 Å². The lowest BCUT2D eigenvalue weighted by Gasteiger charge is -2.37. The molecule has 7 aromatic carbocycles. The van der Waals surface area contributed by atoms with Crippen LogP contribution in [0.25, 0.3) is 44.5 Å². The van der Waals surface area contributed by atoms with Gasteiger partial charge in [-0.05, 0) is 53.4 Å². The molecule has 0 amide bonds. The molecule has 2 aliphatic heterocycles. The lowest BCUT2D eigenvalue weighted by atomic mass is 9.90. The van der Waals surface area contributed by atoms with Crippen molar-refractivity contribution in [2.24, 2.45) is 0 Å². The van der Waals surface area contributed by atoms with Crippen LogP contribution in [-0.2, 0) is 10.8 Å². The van der Waals surface area contributed by atoms with Crippen molar-refractivity contribution in [3.63, 3.8) is 0 Å². The summed E-state index contributed by atoms with van der Waals surface area (Å²) in [5, 5.41) is 2.26. The van der Waals surface area contributed by atoms with Crippen molar-refractivity contribution in [2.45, 2.75) is 9.79 Å². The molecule has 0 saturated heterocycles. The third-order valence-corrected chi connectivity index (χ3v) is 11.0. The van der Waals surface area contributed by atoms with Crippen molar-refractivity contribution < 1.29 is 4.21 Å². The van der Waals surface area contributed by atoms with E-state index < -0.39 is 10.8 Å². The number of para-hydroxylation sites is 2. The minimum Gasteiger partial charge on any atom is -0.308 e. The van der Waals surface area contributed by atoms with E-state index in [-0.39, 0.29) is 0 Å². The summed E-state index contributed by atoms with van der Waals surface area (Å²) in [7, 11) is -1.39. The first-order valence-corrected chi connectivity index (χ1v) is 17.7. The van der Waals surface area contributed by atoms with Gasteiger partial charge in [-0.2, -0.15) is 0 Å². The van der Waals surface area contributed by atoms with E-state index in [9.17, 15) is 4.21 Å². The summed E-state index contributed by atoms with van der Waals surface area (Å²) in [5.41, 5.74) is 9.69. The van der Waals surface area contributed by atoms with Crippen molar-refractivity contribution in [1.82, 2.24) is 9.97 Å². The number of fused-ring (bicyclic) bond motifs is 4. The highest BCUT2D eigenvalue weighted by molar-refractivity contribution is 7.85. The summed E-state index contributed by atoms with van der Waals surface area (Å²) < 4.78 is 14.5. The van der Waals surface area contributed by atoms with Crippen LogP contribution < -0.4 is 9.80 Å². The Hall–Kier alpha value is -6.37. The first-order valence-electron chi connectivity index (χ1n) is 16.6. The van der Waals surface area contributed by atoms with Gasteiger partial charge in [0.2, 0.25) is 0 Å². The second kappa shape index (κ2) is 11.4. The van der Waals surface area contributed by atoms with Crippen molar-refractivity contribution in [3.8, 4) is 33.8 Å². The van der Waals surface area contributed by atoms with Crippen molar-refractivity contribution in [2.75, 3.05) is 9.80 Å². The highest BCUT2D eigenvalue weighted by Crippen LogP contribution is 2.56. The Balaban J connectivity index is 1.29. The van der Waals surface area contributed by atoms with Gasteiger partial charge in [-0.25, -0.2) is 14.2 Å². The van der Waals surface area contributed by atoms with E-state index in [0.717, 1.165) is 82.8 Å². The molecule has 1 unspecified atom stereocenters. The van der Waals surface area contributed by atoms with Crippen LogP contribution in [-0.4, -0.2) is 14.2 Å². The predicted molar refractivity (Wildman–Crippen MR) is 203 cm³/mol. The van der Waals surface area contributed by atoms with Gasteiger partial charge in [0.15, 0.2) is 5.82 Å². The summed E-state index contributed by atoms with van der Waals surface area (Å²) in [6.45, 7) is 0. The lowest BCUT2D eigenvalue weighted by Crippen LogP contribution is -2.22. The van der Waals surface area contributed by atoms with Crippen molar-refractivity contribution >= 4 is 55.8 Å². The zero-order valence-electron chi connectivity index (χ0n) is 26.8. The Morgan fingerprint density at radius 1 is 0.460 bits per heavy atom. The molecule has 8 aromatic rings. The van der Waals surface area contributed by atoms with Crippen molar-refractivity contribution in [3.05, 3.63) is 170 Å². The normalized spacial score (nSPS) is 14.2. The van der Waals surface area contributed by atoms with Gasteiger partial charge < -0.3 is 4.90 Å². The molecule has 2 aliphatic rings.